The number of furan rings is 1. The van der Waals surface area contributed by atoms with Crippen LogP contribution in [0.5, 0.6) is 0 Å². The van der Waals surface area contributed by atoms with E-state index < -0.39 is 4.92 Å². The van der Waals surface area contributed by atoms with E-state index in [0.717, 1.165) is 5.56 Å². The van der Waals surface area contributed by atoms with Crippen molar-refractivity contribution in [2.45, 2.75) is 6.42 Å². The number of carbonyl (C=O) groups is 1. The SMILES string of the molecule is O=C(Cc1ccccc1)NN=Cc1coc([N+](=O)[O-])c1. The summed E-state index contributed by atoms with van der Waals surface area (Å²) in [6.07, 6.45) is 2.67. The summed E-state index contributed by atoms with van der Waals surface area (Å²) in [6, 6.07) is 10.4. The van der Waals surface area contributed by atoms with Gasteiger partial charge in [0, 0.05) is 5.56 Å². The van der Waals surface area contributed by atoms with Crippen LogP contribution in [0.25, 0.3) is 0 Å². The Labute approximate surface area is 114 Å². The van der Waals surface area contributed by atoms with E-state index in [2.05, 4.69) is 14.9 Å². The molecule has 0 radical (unpaired) electrons. The van der Waals surface area contributed by atoms with Gasteiger partial charge in [-0.25, -0.2) is 5.43 Å². The maximum Gasteiger partial charge on any atom is 0.433 e. The average Bonchev–Trinajstić information content (AvgIpc) is 2.89. The molecule has 7 nitrogen and oxygen atoms in total. The van der Waals surface area contributed by atoms with Crippen LogP contribution >= 0.6 is 0 Å². The zero-order valence-electron chi connectivity index (χ0n) is 10.4. The Morgan fingerprint density at radius 3 is 2.80 bits per heavy atom. The Morgan fingerprint density at radius 1 is 1.40 bits per heavy atom. The molecule has 102 valence electrons. The summed E-state index contributed by atoms with van der Waals surface area (Å²) in [5.74, 6) is -0.646. The van der Waals surface area contributed by atoms with Gasteiger partial charge in [0.05, 0.1) is 18.7 Å². The summed E-state index contributed by atoms with van der Waals surface area (Å²) < 4.78 is 4.68. The summed E-state index contributed by atoms with van der Waals surface area (Å²) >= 11 is 0. The molecule has 0 aliphatic rings. The van der Waals surface area contributed by atoms with Gasteiger partial charge in [0.2, 0.25) is 5.91 Å². The van der Waals surface area contributed by atoms with Gasteiger partial charge in [-0.3, -0.25) is 14.9 Å². The van der Waals surface area contributed by atoms with Crippen LogP contribution < -0.4 is 5.43 Å². The molecule has 2 aromatic rings. The summed E-state index contributed by atoms with van der Waals surface area (Å²) in [5, 5.41) is 14.1. The third-order valence-corrected chi connectivity index (χ3v) is 2.40. The average molecular weight is 273 g/mol. The van der Waals surface area contributed by atoms with Gasteiger partial charge in [0.15, 0.2) is 0 Å². The first-order valence-electron chi connectivity index (χ1n) is 5.74. The smallest absolute Gasteiger partial charge is 0.409 e. The van der Waals surface area contributed by atoms with Crippen LogP contribution in [0.1, 0.15) is 11.1 Å². The Hall–Kier alpha value is -2.96. The fourth-order valence-corrected chi connectivity index (χ4v) is 1.50. The summed E-state index contributed by atoms with van der Waals surface area (Å²) in [5.41, 5.74) is 3.61. The first-order chi connectivity index (χ1) is 9.65. The summed E-state index contributed by atoms with van der Waals surface area (Å²) in [6.45, 7) is 0. The lowest BCUT2D eigenvalue weighted by molar-refractivity contribution is -0.402. The molecule has 0 fully saturated rings. The van der Waals surface area contributed by atoms with E-state index in [-0.39, 0.29) is 18.2 Å². The molecule has 0 aliphatic carbocycles. The van der Waals surface area contributed by atoms with Gasteiger partial charge >= 0.3 is 5.88 Å². The number of hydrogen-bond acceptors (Lipinski definition) is 5. The molecule has 2 rings (SSSR count). The van der Waals surface area contributed by atoms with Crippen molar-refractivity contribution in [1.29, 1.82) is 0 Å². The molecule has 1 aromatic heterocycles. The second-order valence-electron chi connectivity index (χ2n) is 3.93. The minimum atomic E-state index is -0.647. The lowest BCUT2D eigenvalue weighted by Crippen LogP contribution is -2.19. The third-order valence-electron chi connectivity index (χ3n) is 2.40. The number of nitrogens with zero attached hydrogens (tertiary/aromatic N) is 2. The van der Waals surface area contributed by atoms with Gasteiger partial charge < -0.3 is 4.42 Å². The summed E-state index contributed by atoms with van der Waals surface area (Å²) in [4.78, 5) is 21.3. The fourth-order valence-electron chi connectivity index (χ4n) is 1.50. The van der Waals surface area contributed by atoms with Crippen molar-refractivity contribution in [3.63, 3.8) is 0 Å². The monoisotopic (exact) mass is 273 g/mol. The maximum atomic E-state index is 11.6. The zero-order chi connectivity index (χ0) is 14.4. The Morgan fingerprint density at radius 2 is 2.15 bits per heavy atom. The second-order valence-corrected chi connectivity index (χ2v) is 3.93. The number of hydrogen-bond donors (Lipinski definition) is 1. The predicted octanol–water partition coefficient (Wildman–Crippen LogP) is 1.88. The fraction of sp³-hybridized carbons (Fsp3) is 0.0769. The van der Waals surface area contributed by atoms with E-state index in [4.69, 9.17) is 0 Å². The quantitative estimate of drug-likeness (QED) is 0.511. The van der Waals surface area contributed by atoms with Gasteiger partial charge in [-0.05, 0) is 5.56 Å². The molecule has 0 atom stereocenters. The van der Waals surface area contributed by atoms with Crippen molar-refractivity contribution in [3.05, 3.63) is 63.9 Å². The van der Waals surface area contributed by atoms with Gasteiger partial charge in [-0.2, -0.15) is 5.10 Å². The number of nitrogens with one attached hydrogen (secondary N) is 1. The van der Waals surface area contributed by atoms with Gasteiger partial charge in [0.25, 0.3) is 0 Å². The number of benzene rings is 1. The number of hydrazone groups is 1. The minimum absolute atomic E-state index is 0.212. The molecule has 0 aliphatic heterocycles. The highest BCUT2D eigenvalue weighted by atomic mass is 16.6. The van der Waals surface area contributed by atoms with Gasteiger partial charge in [0.1, 0.15) is 11.2 Å². The highest BCUT2D eigenvalue weighted by molar-refractivity contribution is 5.83. The largest absolute Gasteiger partial charge is 0.433 e. The lowest BCUT2D eigenvalue weighted by atomic mass is 10.1. The van der Waals surface area contributed by atoms with Crippen LogP contribution in [0.4, 0.5) is 5.88 Å². The minimum Gasteiger partial charge on any atom is -0.409 e. The van der Waals surface area contributed by atoms with Crippen molar-refractivity contribution < 1.29 is 14.1 Å². The topological polar surface area (TPSA) is 97.7 Å². The van der Waals surface area contributed by atoms with Crippen LogP contribution in [-0.2, 0) is 11.2 Å². The number of rotatable bonds is 5. The van der Waals surface area contributed by atoms with Crippen molar-refractivity contribution in [2.75, 3.05) is 0 Å². The molecule has 1 amide bonds. The molecule has 20 heavy (non-hydrogen) atoms. The zero-order valence-corrected chi connectivity index (χ0v) is 10.4. The van der Waals surface area contributed by atoms with Crippen LogP contribution in [-0.4, -0.2) is 17.0 Å². The van der Waals surface area contributed by atoms with E-state index in [1.54, 1.807) is 0 Å². The van der Waals surface area contributed by atoms with Crippen molar-refractivity contribution in [2.24, 2.45) is 5.10 Å². The molecule has 0 bridgehead atoms. The number of carbonyl (C=O) groups excluding carboxylic acids is 1. The Balaban J connectivity index is 1.86. The molecule has 0 saturated heterocycles. The molecule has 1 heterocycles. The number of nitro groups is 1. The van der Waals surface area contributed by atoms with Gasteiger partial charge in [-0.15, -0.1) is 0 Å². The first-order valence-corrected chi connectivity index (χ1v) is 5.74. The van der Waals surface area contributed by atoms with E-state index in [1.807, 2.05) is 30.3 Å². The third kappa shape index (κ3) is 3.77. The van der Waals surface area contributed by atoms with Crippen LogP contribution in [0, 0.1) is 10.1 Å². The van der Waals surface area contributed by atoms with Crippen molar-refractivity contribution in [1.82, 2.24) is 5.43 Å². The molecule has 0 spiro atoms. The second kappa shape index (κ2) is 6.28. The first kappa shape index (κ1) is 13.5. The summed E-state index contributed by atoms with van der Waals surface area (Å²) in [7, 11) is 0. The standard InChI is InChI=1S/C13H11N3O4/c17-12(6-10-4-2-1-3-5-10)15-14-8-11-7-13(16(18)19)20-9-11/h1-5,7-9H,6H2,(H,15,17). The molecule has 7 heteroatoms. The van der Waals surface area contributed by atoms with E-state index in [1.165, 1.54) is 18.5 Å². The van der Waals surface area contributed by atoms with E-state index in [0.29, 0.717) is 5.56 Å². The van der Waals surface area contributed by atoms with E-state index in [9.17, 15) is 14.9 Å². The number of amides is 1. The molecular weight excluding hydrogens is 262 g/mol. The maximum absolute atomic E-state index is 11.6. The molecule has 1 N–H and O–H groups in total. The van der Waals surface area contributed by atoms with Crippen molar-refractivity contribution in [3.8, 4) is 0 Å². The molecule has 0 unspecified atom stereocenters. The van der Waals surface area contributed by atoms with Gasteiger partial charge in [-0.1, -0.05) is 30.3 Å². The molecular formula is C13H11N3O4. The van der Waals surface area contributed by atoms with Crippen LogP contribution in [0.3, 0.4) is 0 Å². The normalized spacial score (nSPS) is 10.6. The lowest BCUT2D eigenvalue weighted by Gasteiger charge is -1.99. The Bertz CT molecular complexity index is 634. The molecule has 1 aromatic carbocycles. The van der Waals surface area contributed by atoms with E-state index >= 15 is 0 Å². The van der Waals surface area contributed by atoms with Crippen molar-refractivity contribution >= 4 is 18.0 Å². The highest BCUT2D eigenvalue weighted by Gasteiger charge is 2.10. The predicted molar refractivity (Wildman–Crippen MR) is 71.2 cm³/mol. The molecule has 0 saturated carbocycles. The van der Waals surface area contributed by atoms with Crippen LogP contribution in [0.15, 0.2) is 52.2 Å². The Kier molecular flexibility index (Phi) is 4.23. The highest BCUT2D eigenvalue weighted by Crippen LogP contribution is 2.13. The van der Waals surface area contributed by atoms with Crippen LogP contribution in [0.2, 0.25) is 0 Å².